The van der Waals surface area contributed by atoms with Crippen molar-refractivity contribution in [1.29, 1.82) is 0 Å². The predicted octanol–water partition coefficient (Wildman–Crippen LogP) is 7.04. The summed E-state index contributed by atoms with van der Waals surface area (Å²) < 4.78 is 7.99. The Labute approximate surface area is 362 Å². The number of aromatic nitrogens is 3. The number of amides is 3. The second-order valence-electron chi connectivity index (χ2n) is 16.2. The van der Waals surface area contributed by atoms with E-state index in [9.17, 15) is 19.2 Å². The fraction of sp³-hybridized carbons (Fsp3) is 0.319. The Bertz CT molecular complexity index is 2450. The molecule has 1 saturated heterocycles. The number of carbonyl (C=O) groups is 3. The number of halogens is 1. The molecule has 5 aromatic rings. The molecule has 2 aliphatic heterocycles. The first-order chi connectivity index (χ1) is 29.3. The molecule has 3 heterocycles. The summed E-state index contributed by atoms with van der Waals surface area (Å²) in [4.78, 5) is 56.5. The van der Waals surface area contributed by atoms with E-state index >= 15 is 0 Å². The van der Waals surface area contributed by atoms with Gasteiger partial charge in [-0.2, -0.15) is 0 Å². The van der Waals surface area contributed by atoms with Gasteiger partial charge >= 0.3 is 0 Å². The molecule has 61 heavy (non-hydrogen) atoms. The molecule has 1 aromatic heterocycles. The highest BCUT2D eigenvalue weighted by molar-refractivity contribution is 6.75. The summed E-state index contributed by atoms with van der Waals surface area (Å²) in [5.74, 6) is 1.71. The van der Waals surface area contributed by atoms with Gasteiger partial charge in [-0.3, -0.25) is 23.9 Å². The van der Waals surface area contributed by atoms with Crippen LogP contribution in [0.2, 0.25) is 18.1 Å². The molecule has 1 atom stereocenters. The van der Waals surface area contributed by atoms with Crippen LogP contribution in [-0.2, 0) is 27.3 Å². The lowest BCUT2D eigenvalue weighted by Crippen LogP contribution is -2.38. The number of hydrogen-bond donors (Lipinski definition) is 3. The number of benzene rings is 4. The molecule has 7 rings (SSSR count). The summed E-state index contributed by atoms with van der Waals surface area (Å²) in [6.07, 6.45) is 4.11. The maximum Gasteiger partial charge on any atom is 0.258 e. The topological polar surface area (TPSA) is 151 Å². The Hall–Kier alpha value is -5.89. The van der Waals surface area contributed by atoms with Crippen LogP contribution >= 0.6 is 11.6 Å². The molecule has 14 heteroatoms. The van der Waals surface area contributed by atoms with E-state index in [1.165, 1.54) is 5.56 Å². The van der Waals surface area contributed by atoms with E-state index in [1.807, 2.05) is 109 Å². The zero-order valence-corrected chi connectivity index (χ0v) is 36.8. The number of hydrogen-bond acceptors (Lipinski definition) is 8. The summed E-state index contributed by atoms with van der Waals surface area (Å²) in [7, 11) is -2.31. The third-order valence-corrected chi connectivity index (χ3v) is 12.1. The summed E-state index contributed by atoms with van der Waals surface area (Å²) in [5, 5.41) is 15.2. The van der Waals surface area contributed by atoms with Gasteiger partial charge in [0.25, 0.3) is 5.91 Å². The quantitative estimate of drug-likeness (QED) is 0.101. The molecule has 1 fully saturated rings. The van der Waals surface area contributed by atoms with E-state index < -0.39 is 14.4 Å². The van der Waals surface area contributed by atoms with Gasteiger partial charge in [-0.1, -0.05) is 84.0 Å². The fourth-order valence-corrected chi connectivity index (χ4v) is 8.52. The zero-order chi connectivity index (χ0) is 43.1. The van der Waals surface area contributed by atoms with Crippen LogP contribution in [0.25, 0.3) is 11.8 Å². The lowest BCUT2D eigenvalue weighted by atomic mass is 9.88. The number of ether oxygens (including phenoxy) is 1. The van der Waals surface area contributed by atoms with E-state index in [0.29, 0.717) is 66.7 Å². The van der Waals surface area contributed by atoms with E-state index in [-0.39, 0.29) is 30.7 Å². The number of rotatable bonds is 14. The van der Waals surface area contributed by atoms with Crippen LogP contribution in [0.15, 0.2) is 102 Å². The molecule has 2 aliphatic rings. The van der Waals surface area contributed by atoms with Crippen molar-refractivity contribution in [2.24, 2.45) is 4.99 Å². The molecule has 0 spiro atoms. The molecule has 316 valence electrons. The number of aliphatic imine (C=N–C) groups is 1. The van der Waals surface area contributed by atoms with E-state index in [4.69, 9.17) is 21.3 Å². The third-order valence-electron chi connectivity index (χ3n) is 10.9. The number of nitrogens with zero attached hydrogens (tertiary/aromatic N) is 5. The molecule has 0 bridgehead atoms. The SMILES string of the molecule is CCNC(=O)C[C@@H]1N=C(c2ccc(Cl)cc2)c2cc(OCC(=O)NCc3cccc(C4CCN(C(=O)Cc5cccc(C=C[Si](C)(C)O)c5)CC4)c3)ccc2-n2c(C)nnc21. The Morgan fingerprint density at radius 1 is 0.918 bits per heavy atom. The van der Waals surface area contributed by atoms with Crippen LogP contribution in [0.3, 0.4) is 0 Å². The Morgan fingerprint density at radius 2 is 1.67 bits per heavy atom. The average Bonchev–Trinajstić information content (AvgIpc) is 3.57. The van der Waals surface area contributed by atoms with Gasteiger partial charge in [-0.25, -0.2) is 0 Å². The maximum absolute atomic E-state index is 13.3. The molecule has 3 amide bonds. The molecule has 0 radical (unpaired) electrons. The lowest BCUT2D eigenvalue weighted by molar-refractivity contribution is -0.131. The van der Waals surface area contributed by atoms with Crippen molar-refractivity contribution in [3.63, 3.8) is 0 Å². The minimum atomic E-state index is -2.31. The second-order valence-corrected chi connectivity index (χ2v) is 20.2. The van der Waals surface area contributed by atoms with Crippen molar-refractivity contribution in [2.45, 2.75) is 71.1 Å². The summed E-state index contributed by atoms with van der Waals surface area (Å²) in [6, 6.07) is 28.5. The first-order valence-corrected chi connectivity index (χ1v) is 24.2. The maximum atomic E-state index is 13.3. The standard InChI is InChI=1S/C47H52ClN7O5Si/c1-5-49-43(56)28-41-47-53-52-31(2)55(47)42-17-16-39(27-40(42)46(51-41)36-12-14-38(48)15-13-36)60-30-44(57)50-29-34-10-7-11-37(25-34)35-18-21-54(22-19-35)45(58)26-33-9-6-8-32(24-33)20-23-61(3,4)59/h6-17,20,23-25,27,35,41,59H,5,18-19,21-22,26,28-30H2,1-4H3,(H,49,56)(H,50,57)/t41-/m0/s1. The van der Waals surface area contributed by atoms with Crippen LogP contribution in [0, 0.1) is 6.92 Å². The molecular weight excluding hydrogens is 806 g/mol. The van der Waals surface area contributed by atoms with E-state index in [0.717, 1.165) is 46.3 Å². The van der Waals surface area contributed by atoms with E-state index in [2.05, 4.69) is 33.0 Å². The lowest BCUT2D eigenvalue weighted by Gasteiger charge is -2.32. The minimum absolute atomic E-state index is 0.0893. The van der Waals surface area contributed by atoms with Gasteiger partial charge in [-0.05, 0) is 98.3 Å². The highest BCUT2D eigenvalue weighted by Gasteiger charge is 2.30. The van der Waals surface area contributed by atoms with Crippen LogP contribution in [0.1, 0.15) is 83.2 Å². The first kappa shape index (κ1) is 43.2. The second kappa shape index (κ2) is 19.2. The number of fused-ring (bicyclic) bond motifs is 3. The first-order valence-electron chi connectivity index (χ1n) is 20.8. The third kappa shape index (κ3) is 11.1. The van der Waals surface area contributed by atoms with E-state index in [1.54, 1.807) is 18.2 Å². The van der Waals surface area contributed by atoms with Crippen molar-refractivity contribution >= 4 is 49.4 Å². The molecule has 12 nitrogen and oxygen atoms in total. The fourth-order valence-electron chi connectivity index (χ4n) is 7.80. The molecular formula is C47H52ClN7O5Si. The number of piperidine rings is 1. The number of nitrogens with one attached hydrogen (secondary N) is 2. The monoisotopic (exact) mass is 857 g/mol. The number of aryl methyl sites for hydroxylation is 1. The largest absolute Gasteiger partial charge is 0.484 e. The van der Waals surface area contributed by atoms with Gasteiger partial charge in [0.05, 0.1) is 24.2 Å². The van der Waals surface area contributed by atoms with Crippen LogP contribution < -0.4 is 15.4 Å². The summed E-state index contributed by atoms with van der Waals surface area (Å²) >= 11 is 6.26. The highest BCUT2D eigenvalue weighted by atomic mass is 35.5. The number of carbonyl (C=O) groups excluding carboxylic acids is 3. The van der Waals surface area contributed by atoms with Crippen LogP contribution in [0.4, 0.5) is 0 Å². The van der Waals surface area contributed by atoms with Crippen molar-refractivity contribution in [1.82, 2.24) is 30.3 Å². The van der Waals surface area contributed by atoms with Gasteiger partial charge in [0.1, 0.15) is 17.6 Å². The summed E-state index contributed by atoms with van der Waals surface area (Å²) in [6.45, 7) is 9.50. The van der Waals surface area contributed by atoms with Crippen molar-refractivity contribution in [2.75, 3.05) is 26.2 Å². The van der Waals surface area contributed by atoms with Crippen LogP contribution in [-0.4, -0.2) is 82.5 Å². The molecule has 0 saturated carbocycles. The number of likely N-dealkylation sites (tertiary alicyclic amines) is 1. The van der Waals surface area contributed by atoms with Crippen molar-refractivity contribution in [3.05, 3.63) is 147 Å². The Balaban J connectivity index is 0.963. The van der Waals surface area contributed by atoms with Gasteiger partial charge in [-0.15, -0.1) is 10.2 Å². The van der Waals surface area contributed by atoms with Gasteiger partial charge in [0.2, 0.25) is 20.1 Å². The molecule has 4 aromatic carbocycles. The minimum Gasteiger partial charge on any atom is -0.484 e. The Kier molecular flexibility index (Phi) is 13.6. The van der Waals surface area contributed by atoms with Crippen molar-refractivity contribution < 1.29 is 23.9 Å². The average molecular weight is 859 g/mol. The Morgan fingerprint density at radius 3 is 2.43 bits per heavy atom. The molecule has 0 unspecified atom stereocenters. The van der Waals surface area contributed by atoms with Crippen LogP contribution in [0.5, 0.6) is 5.75 Å². The predicted molar refractivity (Wildman–Crippen MR) is 240 cm³/mol. The zero-order valence-electron chi connectivity index (χ0n) is 35.0. The highest BCUT2D eigenvalue weighted by Crippen LogP contribution is 2.35. The van der Waals surface area contributed by atoms with Crippen molar-refractivity contribution in [3.8, 4) is 11.4 Å². The molecule has 3 N–H and O–H groups in total. The normalized spacial score (nSPS) is 15.4. The summed E-state index contributed by atoms with van der Waals surface area (Å²) in [5.41, 5.74) is 8.97. The smallest absolute Gasteiger partial charge is 0.258 e. The van der Waals surface area contributed by atoms with Gasteiger partial charge < -0.3 is 25.1 Å². The van der Waals surface area contributed by atoms with Gasteiger partial charge in [0.15, 0.2) is 12.4 Å². The molecule has 0 aliphatic carbocycles. The van der Waals surface area contributed by atoms with Gasteiger partial charge in [0, 0.05) is 42.3 Å².